The third kappa shape index (κ3) is 4.07. The van der Waals surface area contributed by atoms with Gasteiger partial charge in [-0.1, -0.05) is 93.6 Å². The Morgan fingerprint density at radius 3 is 1.51 bits per heavy atom. The predicted octanol–water partition coefficient (Wildman–Crippen LogP) is 8.04. The fraction of sp³-hybridized carbons (Fsp3) is 0.100. The van der Waals surface area contributed by atoms with Crippen LogP contribution in [0.3, 0.4) is 0 Å². The average molecular weight is 579 g/mol. The van der Waals surface area contributed by atoms with Crippen molar-refractivity contribution in [2.45, 2.75) is 26.2 Å². The highest BCUT2D eigenvalue weighted by Gasteiger charge is 2.39. The number of hydrogen-bond acceptors (Lipinski definition) is 4. The summed E-state index contributed by atoms with van der Waals surface area (Å²) in [5.41, 5.74) is 14.0. The molecule has 4 nitrogen and oxygen atoms in total. The van der Waals surface area contributed by atoms with Crippen LogP contribution in [-0.4, -0.2) is 16.7 Å². The van der Waals surface area contributed by atoms with Gasteiger partial charge in [-0.15, -0.1) is 0 Å². The first kappa shape index (κ1) is 26.0. The Morgan fingerprint density at radius 1 is 0.533 bits per heavy atom. The molecule has 0 saturated carbocycles. The lowest BCUT2D eigenvalue weighted by molar-refractivity contribution is 0.591. The van der Waals surface area contributed by atoms with Gasteiger partial charge in [0.2, 0.25) is 0 Å². The zero-order valence-electron chi connectivity index (χ0n) is 25.5. The lowest BCUT2D eigenvalue weighted by atomic mass is 9.33. The maximum absolute atomic E-state index is 4.88. The number of rotatable bonds is 2. The van der Waals surface area contributed by atoms with Crippen molar-refractivity contribution < 1.29 is 0 Å². The second kappa shape index (κ2) is 9.54. The summed E-state index contributed by atoms with van der Waals surface area (Å²) in [5.74, 6) is 0. The fourth-order valence-corrected chi connectivity index (χ4v) is 7.20. The molecule has 0 fully saturated rings. The van der Waals surface area contributed by atoms with Gasteiger partial charge in [0, 0.05) is 57.0 Å². The molecule has 0 aliphatic carbocycles. The van der Waals surface area contributed by atoms with Gasteiger partial charge in [-0.05, 0) is 74.5 Å². The monoisotopic (exact) mass is 578 g/mol. The highest BCUT2D eigenvalue weighted by Crippen LogP contribution is 2.37. The van der Waals surface area contributed by atoms with E-state index >= 15 is 0 Å². The molecular weight excluding hydrogens is 547 g/mol. The molecule has 5 heteroatoms. The van der Waals surface area contributed by atoms with E-state index in [-0.39, 0.29) is 12.1 Å². The van der Waals surface area contributed by atoms with Crippen molar-refractivity contribution in [2.24, 2.45) is 0 Å². The van der Waals surface area contributed by atoms with Gasteiger partial charge in [0.15, 0.2) is 0 Å². The van der Waals surface area contributed by atoms with Crippen LogP contribution in [0.4, 0.5) is 22.7 Å². The van der Waals surface area contributed by atoms with E-state index in [1.54, 1.807) is 0 Å². The third-order valence-corrected chi connectivity index (χ3v) is 9.49. The van der Waals surface area contributed by atoms with Crippen LogP contribution in [0.1, 0.15) is 26.3 Å². The first-order chi connectivity index (χ1) is 21.9. The Morgan fingerprint density at radius 2 is 1.02 bits per heavy atom. The Balaban J connectivity index is 1.28. The van der Waals surface area contributed by atoms with E-state index in [1.165, 1.54) is 32.7 Å². The molecule has 2 N–H and O–H groups in total. The normalized spacial score (nSPS) is 13.1. The zero-order valence-corrected chi connectivity index (χ0v) is 25.5. The molecule has 9 rings (SSSR count). The zero-order chi connectivity index (χ0) is 30.3. The van der Waals surface area contributed by atoms with Crippen molar-refractivity contribution in [2.75, 3.05) is 10.6 Å². The van der Waals surface area contributed by atoms with E-state index in [1.807, 2.05) is 12.4 Å². The summed E-state index contributed by atoms with van der Waals surface area (Å²) in [5, 5.41) is 12.4. The van der Waals surface area contributed by atoms with Crippen molar-refractivity contribution in [3.63, 3.8) is 0 Å². The summed E-state index contributed by atoms with van der Waals surface area (Å²) in [4.78, 5) is 9.75. The van der Waals surface area contributed by atoms with Gasteiger partial charge >= 0.3 is 0 Å². The maximum Gasteiger partial charge on any atom is 0.252 e. The summed E-state index contributed by atoms with van der Waals surface area (Å²) in [7, 11) is 0. The molecule has 2 aromatic heterocycles. The standard InChI is InChI=1S/C40H31BN4/c1-40(2,3)28-22-35-37-36(23-28)45-34-15-13-27(39-30-11-7-5-9-25(30)17-19-43-39)21-32(34)41(37)31-20-26(12-14-33(31)44-35)38-29-10-6-4-8-24(29)16-18-42-38/h4-23,44-45H,1-3H3. The molecule has 0 radical (unpaired) electrons. The van der Waals surface area contributed by atoms with E-state index in [0.717, 1.165) is 56.0 Å². The first-order valence-corrected chi connectivity index (χ1v) is 15.6. The summed E-state index contributed by atoms with van der Waals surface area (Å²) in [6.45, 7) is 6.87. The van der Waals surface area contributed by atoms with Crippen LogP contribution in [0.5, 0.6) is 0 Å². The molecular formula is C40H31BN4. The van der Waals surface area contributed by atoms with E-state index in [0.29, 0.717) is 0 Å². The number of benzene rings is 5. The summed E-state index contributed by atoms with van der Waals surface area (Å²) < 4.78 is 0. The second-order valence-corrected chi connectivity index (χ2v) is 13.3. The first-order valence-electron chi connectivity index (χ1n) is 15.6. The minimum absolute atomic E-state index is 0.0126. The van der Waals surface area contributed by atoms with Crippen LogP contribution in [0.2, 0.25) is 0 Å². The molecule has 2 aliphatic rings. The Bertz CT molecular complexity index is 2170. The molecule has 7 aromatic rings. The number of hydrogen-bond donors (Lipinski definition) is 2. The van der Waals surface area contributed by atoms with Crippen LogP contribution in [0, 0.1) is 0 Å². The van der Waals surface area contributed by atoms with Gasteiger partial charge in [0.05, 0.1) is 11.4 Å². The number of nitrogens with zero attached hydrogens (tertiary/aromatic N) is 2. The van der Waals surface area contributed by atoms with Gasteiger partial charge in [-0.25, -0.2) is 0 Å². The molecule has 0 unspecified atom stereocenters. The highest BCUT2D eigenvalue weighted by molar-refractivity contribution is 7.00. The van der Waals surface area contributed by atoms with Crippen LogP contribution in [0.15, 0.2) is 122 Å². The molecule has 4 heterocycles. The molecule has 214 valence electrons. The van der Waals surface area contributed by atoms with Gasteiger partial charge in [0.1, 0.15) is 0 Å². The van der Waals surface area contributed by atoms with E-state index in [9.17, 15) is 0 Å². The van der Waals surface area contributed by atoms with E-state index in [4.69, 9.17) is 9.97 Å². The summed E-state index contributed by atoms with van der Waals surface area (Å²) in [6, 6.07) is 39.4. The Kier molecular flexibility index (Phi) is 5.52. The Hall–Kier alpha value is -5.42. The molecule has 0 saturated heterocycles. The third-order valence-electron chi connectivity index (χ3n) is 9.49. The lowest BCUT2D eigenvalue weighted by Crippen LogP contribution is -2.59. The molecule has 0 atom stereocenters. The van der Waals surface area contributed by atoms with Crippen molar-refractivity contribution in [3.8, 4) is 22.5 Å². The number of anilines is 4. The highest BCUT2D eigenvalue weighted by atomic mass is 14.9. The van der Waals surface area contributed by atoms with Crippen molar-refractivity contribution >= 4 is 67.4 Å². The van der Waals surface area contributed by atoms with Gasteiger partial charge in [0.25, 0.3) is 6.71 Å². The van der Waals surface area contributed by atoms with E-state index < -0.39 is 0 Å². The fourth-order valence-electron chi connectivity index (χ4n) is 7.20. The van der Waals surface area contributed by atoms with Crippen molar-refractivity contribution in [1.82, 2.24) is 9.97 Å². The van der Waals surface area contributed by atoms with Crippen molar-refractivity contribution in [1.29, 1.82) is 0 Å². The van der Waals surface area contributed by atoms with E-state index in [2.05, 4.69) is 141 Å². The maximum atomic E-state index is 4.88. The largest absolute Gasteiger partial charge is 0.356 e. The topological polar surface area (TPSA) is 49.8 Å². The quantitative estimate of drug-likeness (QED) is 0.204. The summed E-state index contributed by atoms with van der Waals surface area (Å²) >= 11 is 0. The van der Waals surface area contributed by atoms with Crippen LogP contribution >= 0.6 is 0 Å². The molecule has 0 amide bonds. The van der Waals surface area contributed by atoms with Crippen molar-refractivity contribution in [3.05, 3.63) is 127 Å². The lowest BCUT2D eigenvalue weighted by Gasteiger charge is -2.37. The number of pyridine rings is 2. The smallest absolute Gasteiger partial charge is 0.252 e. The minimum atomic E-state index is 0.0126. The van der Waals surface area contributed by atoms with Crippen LogP contribution in [-0.2, 0) is 5.41 Å². The minimum Gasteiger partial charge on any atom is -0.356 e. The SMILES string of the molecule is CC(C)(C)c1cc2c3c(c1)Nc1ccc(-c4nccc5ccccc45)cc1B3c1cc(-c3nccc4ccccc34)ccc1N2. The molecule has 2 aliphatic heterocycles. The average Bonchev–Trinajstić information content (AvgIpc) is 3.06. The van der Waals surface area contributed by atoms with Crippen LogP contribution in [0.25, 0.3) is 44.1 Å². The van der Waals surface area contributed by atoms with Gasteiger partial charge in [-0.3, -0.25) is 9.97 Å². The molecule has 45 heavy (non-hydrogen) atoms. The summed E-state index contributed by atoms with van der Waals surface area (Å²) in [6.07, 6.45) is 3.83. The Labute approximate surface area is 263 Å². The van der Waals surface area contributed by atoms with Crippen LogP contribution < -0.4 is 27.0 Å². The molecule has 0 spiro atoms. The van der Waals surface area contributed by atoms with Gasteiger partial charge in [-0.2, -0.15) is 0 Å². The van der Waals surface area contributed by atoms with Gasteiger partial charge < -0.3 is 10.6 Å². The number of fused-ring (bicyclic) bond motifs is 6. The molecule has 0 bridgehead atoms. The number of nitrogens with one attached hydrogen (secondary N) is 2. The number of aromatic nitrogens is 2. The molecule has 5 aromatic carbocycles. The predicted molar refractivity (Wildman–Crippen MR) is 191 cm³/mol. The second-order valence-electron chi connectivity index (χ2n) is 13.3.